The quantitative estimate of drug-likeness (QED) is 0.741. The molecule has 4 heterocycles. The van der Waals surface area contributed by atoms with Crippen LogP contribution in [-0.2, 0) is 16.0 Å². The lowest BCUT2D eigenvalue weighted by Gasteiger charge is -2.49. The van der Waals surface area contributed by atoms with E-state index in [1.165, 1.54) is 0 Å². The van der Waals surface area contributed by atoms with Crippen molar-refractivity contribution in [3.05, 3.63) is 60.3 Å². The van der Waals surface area contributed by atoms with Crippen molar-refractivity contribution in [1.29, 1.82) is 0 Å². The monoisotopic (exact) mass is 434 g/mol. The number of pyridine rings is 1. The summed E-state index contributed by atoms with van der Waals surface area (Å²) in [6.45, 7) is 6.69. The van der Waals surface area contributed by atoms with E-state index in [1.807, 2.05) is 47.5 Å². The molecule has 1 aromatic heterocycles. The average Bonchev–Trinajstić information content (AvgIpc) is 2.86. The number of ether oxygens (including phenoxy) is 1. The van der Waals surface area contributed by atoms with Crippen LogP contribution in [0.2, 0.25) is 0 Å². The lowest BCUT2D eigenvalue weighted by Crippen LogP contribution is -2.57. The van der Waals surface area contributed by atoms with E-state index in [1.54, 1.807) is 0 Å². The van der Waals surface area contributed by atoms with Gasteiger partial charge in [-0.05, 0) is 43.4 Å². The third kappa shape index (κ3) is 4.81. The Labute approximate surface area is 191 Å². The molecule has 32 heavy (non-hydrogen) atoms. The van der Waals surface area contributed by atoms with Gasteiger partial charge in [-0.25, -0.2) is 4.98 Å². The molecule has 0 radical (unpaired) electrons. The number of carbonyl (C=O) groups excluding carboxylic acids is 1. The molecule has 0 saturated carbocycles. The summed E-state index contributed by atoms with van der Waals surface area (Å²) >= 11 is 0. The van der Waals surface area contributed by atoms with Crippen LogP contribution in [0.15, 0.2) is 54.7 Å². The minimum absolute atomic E-state index is 0.0510. The number of piperidine rings is 1. The number of aromatic nitrogens is 1. The van der Waals surface area contributed by atoms with Crippen molar-refractivity contribution in [2.75, 3.05) is 50.8 Å². The molecule has 3 saturated heterocycles. The molecule has 0 aliphatic carbocycles. The maximum absolute atomic E-state index is 12.8. The number of carbonyl (C=O) groups is 1. The molecule has 3 fully saturated rings. The van der Waals surface area contributed by atoms with Gasteiger partial charge in [-0.1, -0.05) is 36.4 Å². The minimum Gasteiger partial charge on any atom is -0.375 e. The first kappa shape index (κ1) is 21.4. The van der Waals surface area contributed by atoms with Gasteiger partial charge in [-0.15, -0.1) is 0 Å². The van der Waals surface area contributed by atoms with E-state index in [0.717, 1.165) is 82.9 Å². The molecule has 6 nitrogen and oxygen atoms in total. The summed E-state index contributed by atoms with van der Waals surface area (Å²) in [6.07, 6.45) is 6.49. The largest absolute Gasteiger partial charge is 0.375 e. The Balaban J connectivity index is 1.12. The predicted molar refractivity (Wildman–Crippen MR) is 126 cm³/mol. The molecule has 0 N–H and O–H groups in total. The molecule has 6 heteroatoms. The highest BCUT2D eigenvalue weighted by molar-refractivity contribution is 5.78. The molecule has 1 amide bonds. The van der Waals surface area contributed by atoms with Crippen LogP contribution in [0, 0.1) is 0 Å². The van der Waals surface area contributed by atoms with Gasteiger partial charge in [0.05, 0.1) is 12.0 Å². The van der Waals surface area contributed by atoms with Crippen LogP contribution in [0.5, 0.6) is 0 Å². The Morgan fingerprint density at radius 2 is 1.72 bits per heavy atom. The van der Waals surface area contributed by atoms with Crippen molar-refractivity contribution in [2.45, 2.75) is 43.7 Å². The summed E-state index contributed by atoms with van der Waals surface area (Å²) in [4.78, 5) is 24.4. The zero-order valence-electron chi connectivity index (χ0n) is 18.9. The van der Waals surface area contributed by atoms with Crippen LogP contribution in [0.1, 0.15) is 31.2 Å². The van der Waals surface area contributed by atoms with Gasteiger partial charge in [-0.2, -0.15) is 0 Å². The maximum atomic E-state index is 12.8. The number of likely N-dealkylation sites (tertiary alicyclic amines) is 1. The lowest BCUT2D eigenvalue weighted by molar-refractivity contribution is -0.148. The van der Waals surface area contributed by atoms with Crippen molar-refractivity contribution in [1.82, 2.24) is 14.8 Å². The Hall–Kier alpha value is -2.44. The highest BCUT2D eigenvalue weighted by atomic mass is 16.5. The molecule has 170 valence electrons. The fourth-order valence-electron chi connectivity index (χ4n) is 5.56. The highest BCUT2D eigenvalue weighted by Gasteiger charge is 2.42. The molecule has 1 aromatic carbocycles. The van der Waals surface area contributed by atoms with Crippen molar-refractivity contribution < 1.29 is 9.53 Å². The van der Waals surface area contributed by atoms with Gasteiger partial charge < -0.3 is 14.5 Å². The Kier molecular flexibility index (Phi) is 6.42. The summed E-state index contributed by atoms with van der Waals surface area (Å²) in [5, 5.41) is 0. The van der Waals surface area contributed by atoms with Gasteiger partial charge in [0.1, 0.15) is 5.82 Å². The molecule has 1 atom stereocenters. The van der Waals surface area contributed by atoms with Crippen molar-refractivity contribution in [2.24, 2.45) is 0 Å². The third-order valence-corrected chi connectivity index (χ3v) is 7.50. The van der Waals surface area contributed by atoms with Crippen molar-refractivity contribution in [3.63, 3.8) is 0 Å². The second-order valence-corrected chi connectivity index (χ2v) is 9.43. The maximum Gasteiger partial charge on any atom is 0.226 e. The van der Waals surface area contributed by atoms with Crippen LogP contribution in [0.3, 0.4) is 0 Å². The van der Waals surface area contributed by atoms with E-state index in [9.17, 15) is 4.79 Å². The zero-order chi connectivity index (χ0) is 21.8. The van der Waals surface area contributed by atoms with Crippen LogP contribution < -0.4 is 4.90 Å². The SMILES string of the molecule is O=C(Cc1ccccc1)N1CCC2(CC1)C[C@H](N1CCN(c3ccccn3)CC1)CCO2. The second-order valence-electron chi connectivity index (χ2n) is 9.43. The molecule has 3 aliphatic heterocycles. The topological polar surface area (TPSA) is 48.9 Å². The fourth-order valence-corrected chi connectivity index (χ4v) is 5.56. The number of piperazine rings is 1. The first-order valence-corrected chi connectivity index (χ1v) is 12.1. The second kappa shape index (κ2) is 9.59. The van der Waals surface area contributed by atoms with E-state index in [2.05, 4.69) is 26.9 Å². The molecule has 3 aliphatic rings. The van der Waals surface area contributed by atoms with E-state index < -0.39 is 0 Å². The first-order valence-electron chi connectivity index (χ1n) is 12.1. The van der Waals surface area contributed by atoms with E-state index in [0.29, 0.717) is 12.5 Å². The lowest BCUT2D eigenvalue weighted by atomic mass is 9.81. The van der Waals surface area contributed by atoms with Gasteiger partial charge in [0.15, 0.2) is 0 Å². The zero-order valence-corrected chi connectivity index (χ0v) is 18.9. The smallest absolute Gasteiger partial charge is 0.226 e. The Morgan fingerprint density at radius 3 is 2.44 bits per heavy atom. The average molecular weight is 435 g/mol. The first-order chi connectivity index (χ1) is 15.7. The number of anilines is 1. The molecule has 0 unspecified atom stereocenters. The summed E-state index contributed by atoms with van der Waals surface area (Å²) in [5.41, 5.74) is 1.04. The molecule has 1 spiro atoms. The number of benzene rings is 1. The number of hydrogen-bond donors (Lipinski definition) is 0. The summed E-state index contributed by atoms with van der Waals surface area (Å²) in [7, 11) is 0. The van der Waals surface area contributed by atoms with Crippen LogP contribution >= 0.6 is 0 Å². The number of hydrogen-bond acceptors (Lipinski definition) is 5. The van der Waals surface area contributed by atoms with E-state index in [4.69, 9.17) is 4.74 Å². The molecular formula is C26H34N4O2. The normalized spacial score (nSPS) is 23.9. The van der Waals surface area contributed by atoms with Gasteiger partial charge in [-0.3, -0.25) is 9.69 Å². The molecular weight excluding hydrogens is 400 g/mol. The van der Waals surface area contributed by atoms with Crippen molar-refractivity contribution >= 4 is 11.7 Å². The van der Waals surface area contributed by atoms with Crippen LogP contribution in [0.25, 0.3) is 0 Å². The van der Waals surface area contributed by atoms with Crippen molar-refractivity contribution in [3.8, 4) is 0 Å². The Morgan fingerprint density at radius 1 is 0.969 bits per heavy atom. The number of amides is 1. The Bertz CT molecular complexity index is 875. The predicted octanol–water partition coefficient (Wildman–Crippen LogP) is 2.99. The minimum atomic E-state index is -0.0510. The van der Waals surface area contributed by atoms with Gasteiger partial charge in [0, 0.05) is 58.1 Å². The van der Waals surface area contributed by atoms with E-state index >= 15 is 0 Å². The molecule has 0 bridgehead atoms. The van der Waals surface area contributed by atoms with E-state index in [-0.39, 0.29) is 11.5 Å². The molecule has 5 rings (SSSR count). The standard InChI is InChI=1S/C26H34N4O2/c31-25(20-22-6-2-1-3-7-22)30-13-10-26(11-14-30)21-23(9-19-32-26)28-15-17-29(18-16-28)24-8-4-5-12-27-24/h1-8,12,23H,9-11,13-21H2/t23-/m1/s1. The summed E-state index contributed by atoms with van der Waals surface area (Å²) < 4.78 is 6.38. The summed E-state index contributed by atoms with van der Waals surface area (Å²) in [6, 6.07) is 16.8. The van der Waals surface area contributed by atoms with Gasteiger partial charge >= 0.3 is 0 Å². The summed E-state index contributed by atoms with van der Waals surface area (Å²) in [5.74, 6) is 1.33. The molecule has 2 aromatic rings. The highest BCUT2D eigenvalue weighted by Crippen LogP contribution is 2.37. The number of rotatable bonds is 4. The number of nitrogens with zero attached hydrogens (tertiary/aromatic N) is 4. The fraction of sp³-hybridized carbons (Fsp3) is 0.538. The van der Waals surface area contributed by atoms with Crippen LogP contribution in [-0.4, -0.2) is 78.2 Å². The van der Waals surface area contributed by atoms with Crippen LogP contribution in [0.4, 0.5) is 5.82 Å². The van der Waals surface area contributed by atoms with Gasteiger partial charge in [0.25, 0.3) is 0 Å². The third-order valence-electron chi connectivity index (χ3n) is 7.50. The van der Waals surface area contributed by atoms with Gasteiger partial charge in [0.2, 0.25) is 5.91 Å².